The van der Waals surface area contributed by atoms with Gasteiger partial charge in [0.05, 0.1) is 6.61 Å². The molecule has 0 aliphatic heterocycles. The smallest absolute Gasteiger partial charge is 0.333 e. The lowest BCUT2D eigenvalue weighted by molar-refractivity contribution is -0.139. The van der Waals surface area contributed by atoms with Gasteiger partial charge in [0.1, 0.15) is 0 Å². The standard InChI is InChI=1S/C11H18O2/c1-9(2)7-5-6-8-13-11(12)10(3)4/h7H,3,5-6,8H2,1-2,4H3. The van der Waals surface area contributed by atoms with Crippen LogP contribution in [0.4, 0.5) is 0 Å². The normalized spacial score (nSPS) is 9.15. The van der Waals surface area contributed by atoms with Crippen LogP contribution < -0.4 is 0 Å². The molecule has 0 saturated heterocycles. The van der Waals surface area contributed by atoms with Gasteiger partial charge >= 0.3 is 5.97 Å². The van der Waals surface area contributed by atoms with Crippen LogP contribution in [0, 0.1) is 0 Å². The van der Waals surface area contributed by atoms with Crippen molar-refractivity contribution in [2.45, 2.75) is 33.6 Å². The molecule has 0 radical (unpaired) electrons. The molecule has 74 valence electrons. The Labute approximate surface area is 80.3 Å². The number of hydrogen-bond acceptors (Lipinski definition) is 2. The Morgan fingerprint density at radius 2 is 2.00 bits per heavy atom. The zero-order chi connectivity index (χ0) is 10.3. The largest absolute Gasteiger partial charge is 0.462 e. The van der Waals surface area contributed by atoms with E-state index in [9.17, 15) is 4.79 Å². The first-order chi connectivity index (χ1) is 6.04. The van der Waals surface area contributed by atoms with Gasteiger partial charge in [-0.05, 0) is 33.6 Å². The minimum absolute atomic E-state index is 0.294. The molecular weight excluding hydrogens is 164 g/mol. The minimum atomic E-state index is -0.294. The van der Waals surface area contributed by atoms with Crippen LogP contribution >= 0.6 is 0 Å². The first-order valence-electron chi connectivity index (χ1n) is 4.50. The Balaban J connectivity index is 3.42. The zero-order valence-electron chi connectivity index (χ0n) is 8.72. The number of carbonyl (C=O) groups excluding carboxylic acids is 1. The molecule has 0 bridgehead atoms. The first-order valence-corrected chi connectivity index (χ1v) is 4.50. The van der Waals surface area contributed by atoms with E-state index >= 15 is 0 Å². The molecule has 2 heteroatoms. The Morgan fingerprint density at radius 1 is 1.38 bits per heavy atom. The van der Waals surface area contributed by atoms with E-state index in [4.69, 9.17) is 4.74 Å². The van der Waals surface area contributed by atoms with Crippen molar-refractivity contribution >= 4 is 5.97 Å². The molecule has 0 amide bonds. The summed E-state index contributed by atoms with van der Waals surface area (Å²) in [5, 5.41) is 0. The summed E-state index contributed by atoms with van der Waals surface area (Å²) in [5.74, 6) is -0.294. The van der Waals surface area contributed by atoms with Gasteiger partial charge in [-0.3, -0.25) is 0 Å². The van der Waals surface area contributed by atoms with Crippen molar-refractivity contribution in [2.75, 3.05) is 6.61 Å². The van der Waals surface area contributed by atoms with Crippen LogP contribution in [0.5, 0.6) is 0 Å². The molecule has 0 atom stereocenters. The topological polar surface area (TPSA) is 26.3 Å². The molecule has 0 fully saturated rings. The van der Waals surface area contributed by atoms with Crippen LogP contribution in [0.2, 0.25) is 0 Å². The van der Waals surface area contributed by atoms with Crippen LogP contribution in [0.3, 0.4) is 0 Å². The number of ether oxygens (including phenoxy) is 1. The molecule has 0 saturated carbocycles. The van der Waals surface area contributed by atoms with Crippen LogP contribution in [0.25, 0.3) is 0 Å². The summed E-state index contributed by atoms with van der Waals surface area (Å²) in [6, 6.07) is 0. The van der Waals surface area contributed by atoms with Gasteiger partial charge in [0.15, 0.2) is 0 Å². The fourth-order valence-corrected chi connectivity index (χ4v) is 0.762. The number of unbranched alkanes of at least 4 members (excludes halogenated alkanes) is 1. The van der Waals surface area contributed by atoms with E-state index in [-0.39, 0.29) is 5.97 Å². The van der Waals surface area contributed by atoms with Gasteiger partial charge in [-0.25, -0.2) is 4.79 Å². The highest BCUT2D eigenvalue weighted by Gasteiger charge is 2.00. The van der Waals surface area contributed by atoms with Crippen molar-refractivity contribution in [1.29, 1.82) is 0 Å². The SMILES string of the molecule is C=C(C)C(=O)OCCCC=C(C)C. The zero-order valence-corrected chi connectivity index (χ0v) is 8.72. The molecule has 0 spiro atoms. The highest BCUT2D eigenvalue weighted by atomic mass is 16.5. The van der Waals surface area contributed by atoms with Gasteiger partial charge in [0.25, 0.3) is 0 Å². The second-order valence-corrected chi connectivity index (χ2v) is 3.34. The molecule has 2 nitrogen and oxygen atoms in total. The lowest BCUT2D eigenvalue weighted by Gasteiger charge is -2.02. The highest BCUT2D eigenvalue weighted by molar-refractivity contribution is 5.86. The van der Waals surface area contributed by atoms with Gasteiger partial charge in [0.2, 0.25) is 0 Å². The second-order valence-electron chi connectivity index (χ2n) is 3.34. The molecule has 0 aliphatic rings. The average molecular weight is 182 g/mol. The fraction of sp³-hybridized carbons (Fsp3) is 0.545. The van der Waals surface area contributed by atoms with Crippen molar-refractivity contribution in [2.24, 2.45) is 0 Å². The summed E-state index contributed by atoms with van der Waals surface area (Å²) in [6.07, 6.45) is 3.98. The third-order valence-corrected chi connectivity index (χ3v) is 1.48. The summed E-state index contributed by atoms with van der Waals surface area (Å²) < 4.78 is 4.92. The van der Waals surface area contributed by atoms with Crippen molar-refractivity contribution in [3.05, 3.63) is 23.8 Å². The van der Waals surface area contributed by atoms with Gasteiger partial charge in [-0.1, -0.05) is 18.2 Å². The maximum absolute atomic E-state index is 10.9. The Hall–Kier alpha value is -1.05. The van der Waals surface area contributed by atoms with Crippen LogP contribution in [0.1, 0.15) is 33.6 Å². The molecule has 0 aromatic rings. The summed E-state index contributed by atoms with van der Waals surface area (Å²) in [4.78, 5) is 10.9. The second kappa shape index (κ2) is 6.46. The van der Waals surface area contributed by atoms with E-state index in [1.165, 1.54) is 5.57 Å². The van der Waals surface area contributed by atoms with Crippen LogP contribution in [-0.4, -0.2) is 12.6 Å². The van der Waals surface area contributed by atoms with Gasteiger partial charge in [-0.2, -0.15) is 0 Å². The first kappa shape index (κ1) is 11.9. The number of allylic oxidation sites excluding steroid dienone is 2. The third kappa shape index (κ3) is 7.32. The molecular formula is C11H18O2. The lowest BCUT2D eigenvalue weighted by Crippen LogP contribution is -2.05. The quantitative estimate of drug-likeness (QED) is 0.283. The van der Waals surface area contributed by atoms with Gasteiger partial charge in [0, 0.05) is 5.57 Å². The monoisotopic (exact) mass is 182 g/mol. The minimum Gasteiger partial charge on any atom is -0.462 e. The Kier molecular flexibility index (Phi) is 5.94. The van der Waals surface area contributed by atoms with Gasteiger partial charge in [-0.15, -0.1) is 0 Å². The predicted molar refractivity (Wildman–Crippen MR) is 54.4 cm³/mol. The van der Waals surface area contributed by atoms with Crippen molar-refractivity contribution < 1.29 is 9.53 Å². The van der Waals surface area contributed by atoms with E-state index in [1.807, 2.05) is 0 Å². The Morgan fingerprint density at radius 3 is 2.46 bits per heavy atom. The van der Waals surface area contributed by atoms with E-state index in [2.05, 4.69) is 26.5 Å². The molecule has 0 aromatic heterocycles. The maximum atomic E-state index is 10.9. The summed E-state index contributed by atoms with van der Waals surface area (Å²) in [7, 11) is 0. The van der Waals surface area contributed by atoms with Crippen molar-refractivity contribution in [1.82, 2.24) is 0 Å². The predicted octanol–water partition coefficient (Wildman–Crippen LogP) is 2.85. The summed E-state index contributed by atoms with van der Waals surface area (Å²) >= 11 is 0. The van der Waals surface area contributed by atoms with Crippen LogP contribution in [0.15, 0.2) is 23.8 Å². The molecule has 0 rings (SSSR count). The Bertz CT molecular complexity index is 210. The molecule has 13 heavy (non-hydrogen) atoms. The molecule has 0 unspecified atom stereocenters. The fourth-order valence-electron chi connectivity index (χ4n) is 0.762. The highest BCUT2D eigenvalue weighted by Crippen LogP contribution is 1.99. The number of hydrogen-bond donors (Lipinski definition) is 0. The summed E-state index contributed by atoms with van der Waals surface area (Å²) in [6.45, 7) is 9.74. The number of rotatable bonds is 5. The molecule has 0 aliphatic carbocycles. The molecule has 0 N–H and O–H groups in total. The van der Waals surface area contributed by atoms with E-state index in [0.717, 1.165) is 12.8 Å². The summed E-state index contributed by atoms with van der Waals surface area (Å²) in [5.41, 5.74) is 1.76. The van der Waals surface area contributed by atoms with Crippen molar-refractivity contribution in [3.63, 3.8) is 0 Å². The van der Waals surface area contributed by atoms with E-state index in [1.54, 1.807) is 6.92 Å². The third-order valence-electron chi connectivity index (χ3n) is 1.48. The number of esters is 1. The lowest BCUT2D eigenvalue weighted by atomic mass is 10.2. The maximum Gasteiger partial charge on any atom is 0.333 e. The van der Waals surface area contributed by atoms with Gasteiger partial charge < -0.3 is 4.74 Å². The molecule has 0 aromatic carbocycles. The van der Waals surface area contributed by atoms with E-state index < -0.39 is 0 Å². The van der Waals surface area contributed by atoms with Crippen molar-refractivity contribution in [3.8, 4) is 0 Å². The average Bonchev–Trinajstić information content (AvgIpc) is 2.02. The van der Waals surface area contributed by atoms with E-state index in [0.29, 0.717) is 12.2 Å². The molecule has 0 heterocycles. The number of carbonyl (C=O) groups is 1. The van der Waals surface area contributed by atoms with Crippen LogP contribution in [-0.2, 0) is 9.53 Å².